The monoisotopic (exact) mass is 314 g/mol. The van der Waals surface area contributed by atoms with E-state index in [2.05, 4.69) is 21.2 Å². The van der Waals surface area contributed by atoms with E-state index in [1.807, 2.05) is 0 Å². The maximum absolute atomic E-state index is 13.5. The van der Waals surface area contributed by atoms with Crippen molar-refractivity contribution in [1.82, 2.24) is 0 Å². The topological polar surface area (TPSA) is 38.0 Å². The van der Waals surface area contributed by atoms with Crippen LogP contribution in [0.15, 0.2) is 40.9 Å². The zero-order valence-corrected chi connectivity index (χ0v) is 11.0. The Kier molecular flexibility index (Phi) is 3.54. The van der Waals surface area contributed by atoms with Crippen LogP contribution in [0.3, 0.4) is 0 Å². The summed E-state index contributed by atoms with van der Waals surface area (Å²) in [4.78, 5) is 0. The molecule has 0 saturated heterocycles. The van der Waals surface area contributed by atoms with Crippen molar-refractivity contribution in [1.29, 1.82) is 0 Å². The fraction of sp³-hybridized carbons (Fsp3) is 0. The second kappa shape index (κ2) is 4.94. The van der Waals surface area contributed by atoms with Crippen LogP contribution >= 0.6 is 27.5 Å². The standard InChI is InChI=1S/C12H9BrClFN2/c13-9-6-8(2-3-10(9)14)17-12-4-1-7(16)5-11(12)15/h1-6,17H,16H2. The predicted octanol–water partition coefficient (Wildman–Crippen LogP) is 4.57. The first-order valence-electron chi connectivity index (χ1n) is 4.83. The van der Waals surface area contributed by atoms with E-state index in [1.54, 1.807) is 30.3 Å². The molecular formula is C12H9BrClFN2. The van der Waals surface area contributed by atoms with E-state index in [-0.39, 0.29) is 0 Å². The summed E-state index contributed by atoms with van der Waals surface area (Å²) in [6.45, 7) is 0. The average molecular weight is 316 g/mol. The van der Waals surface area contributed by atoms with Gasteiger partial charge in [0.25, 0.3) is 0 Å². The van der Waals surface area contributed by atoms with Crippen LogP contribution in [0.2, 0.25) is 5.02 Å². The Labute approximate surface area is 112 Å². The molecule has 0 aromatic heterocycles. The van der Waals surface area contributed by atoms with Gasteiger partial charge in [0.2, 0.25) is 0 Å². The Balaban J connectivity index is 2.28. The summed E-state index contributed by atoms with van der Waals surface area (Å²) in [6.07, 6.45) is 0. The van der Waals surface area contributed by atoms with Crippen molar-refractivity contribution in [3.05, 3.63) is 51.7 Å². The predicted molar refractivity (Wildman–Crippen MR) is 73.2 cm³/mol. The van der Waals surface area contributed by atoms with Crippen LogP contribution in [-0.2, 0) is 0 Å². The smallest absolute Gasteiger partial charge is 0.148 e. The minimum atomic E-state index is -0.393. The van der Waals surface area contributed by atoms with Crippen LogP contribution in [0.25, 0.3) is 0 Å². The van der Waals surface area contributed by atoms with Crippen molar-refractivity contribution in [2.24, 2.45) is 0 Å². The molecule has 0 heterocycles. The van der Waals surface area contributed by atoms with Gasteiger partial charge in [0.05, 0.1) is 10.7 Å². The molecule has 0 radical (unpaired) electrons. The second-order valence-electron chi connectivity index (χ2n) is 3.49. The highest BCUT2D eigenvalue weighted by molar-refractivity contribution is 9.10. The summed E-state index contributed by atoms with van der Waals surface area (Å²) in [7, 11) is 0. The molecule has 2 rings (SSSR count). The van der Waals surface area contributed by atoms with E-state index >= 15 is 0 Å². The van der Waals surface area contributed by atoms with Gasteiger partial charge in [0, 0.05) is 15.8 Å². The molecule has 0 atom stereocenters. The zero-order valence-electron chi connectivity index (χ0n) is 8.68. The van der Waals surface area contributed by atoms with Gasteiger partial charge in [-0.1, -0.05) is 11.6 Å². The van der Waals surface area contributed by atoms with Gasteiger partial charge >= 0.3 is 0 Å². The van der Waals surface area contributed by atoms with Gasteiger partial charge in [-0.3, -0.25) is 0 Å². The maximum Gasteiger partial charge on any atom is 0.148 e. The van der Waals surface area contributed by atoms with Crippen LogP contribution in [0.4, 0.5) is 21.5 Å². The van der Waals surface area contributed by atoms with Crippen molar-refractivity contribution < 1.29 is 4.39 Å². The van der Waals surface area contributed by atoms with E-state index < -0.39 is 5.82 Å². The molecule has 88 valence electrons. The fourth-order valence-corrected chi connectivity index (χ4v) is 1.86. The number of hydrogen-bond acceptors (Lipinski definition) is 2. The molecule has 0 amide bonds. The van der Waals surface area contributed by atoms with Crippen molar-refractivity contribution in [2.75, 3.05) is 11.1 Å². The minimum Gasteiger partial charge on any atom is -0.399 e. The molecular weight excluding hydrogens is 307 g/mol. The molecule has 0 aliphatic carbocycles. The number of anilines is 3. The molecule has 2 nitrogen and oxygen atoms in total. The van der Waals surface area contributed by atoms with Crippen LogP contribution < -0.4 is 11.1 Å². The van der Waals surface area contributed by atoms with Crippen molar-refractivity contribution in [3.63, 3.8) is 0 Å². The molecule has 2 aromatic carbocycles. The lowest BCUT2D eigenvalue weighted by atomic mass is 10.2. The third-order valence-corrected chi connectivity index (χ3v) is 3.41. The normalized spacial score (nSPS) is 10.3. The van der Waals surface area contributed by atoms with Crippen molar-refractivity contribution in [3.8, 4) is 0 Å². The second-order valence-corrected chi connectivity index (χ2v) is 4.75. The van der Waals surface area contributed by atoms with E-state index in [9.17, 15) is 4.39 Å². The number of nitrogens with one attached hydrogen (secondary N) is 1. The molecule has 17 heavy (non-hydrogen) atoms. The van der Waals surface area contributed by atoms with Crippen LogP contribution in [0.5, 0.6) is 0 Å². The SMILES string of the molecule is Nc1ccc(Nc2ccc(Cl)c(Br)c2)c(F)c1. The first-order chi connectivity index (χ1) is 8.06. The summed E-state index contributed by atoms with van der Waals surface area (Å²) in [5.74, 6) is -0.393. The third kappa shape index (κ3) is 2.90. The lowest BCUT2D eigenvalue weighted by molar-refractivity contribution is 0.632. The van der Waals surface area contributed by atoms with E-state index in [0.29, 0.717) is 16.4 Å². The van der Waals surface area contributed by atoms with E-state index in [1.165, 1.54) is 6.07 Å². The molecule has 0 unspecified atom stereocenters. The van der Waals surface area contributed by atoms with Gasteiger partial charge in [-0.15, -0.1) is 0 Å². The van der Waals surface area contributed by atoms with Gasteiger partial charge in [0.15, 0.2) is 0 Å². The van der Waals surface area contributed by atoms with Gasteiger partial charge < -0.3 is 11.1 Å². The molecule has 0 fully saturated rings. The molecule has 0 bridgehead atoms. The summed E-state index contributed by atoms with van der Waals surface area (Å²) in [5.41, 5.74) is 6.98. The Hall–Kier alpha value is -1.26. The van der Waals surface area contributed by atoms with Gasteiger partial charge in [-0.2, -0.15) is 0 Å². The van der Waals surface area contributed by atoms with E-state index in [4.69, 9.17) is 17.3 Å². The van der Waals surface area contributed by atoms with Gasteiger partial charge in [0.1, 0.15) is 5.82 Å². The highest BCUT2D eigenvalue weighted by atomic mass is 79.9. The highest BCUT2D eigenvalue weighted by Crippen LogP contribution is 2.28. The molecule has 0 spiro atoms. The molecule has 0 aliphatic rings. The lowest BCUT2D eigenvalue weighted by Gasteiger charge is -2.09. The zero-order chi connectivity index (χ0) is 12.4. The number of nitrogen functional groups attached to an aromatic ring is 1. The molecule has 0 saturated carbocycles. The summed E-state index contributed by atoms with van der Waals surface area (Å²) in [5, 5.41) is 3.55. The lowest BCUT2D eigenvalue weighted by Crippen LogP contribution is -1.95. The van der Waals surface area contributed by atoms with Crippen molar-refractivity contribution >= 4 is 44.6 Å². The summed E-state index contributed by atoms with van der Waals surface area (Å²) < 4.78 is 14.3. The number of halogens is 3. The minimum absolute atomic E-state index is 0.369. The first-order valence-corrected chi connectivity index (χ1v) is 6.00. The average Bonchev–Trinajstić information content (AvgIpc) is 2.27. The van der Waals surface area contributed by atoms with Crippen molar-refractivity contribution in [2.45, 2.75) is 0 Å². The Morgan fingerprint density at radius 2 is 1.94 bits per heavy atom. The fourth-order valence-electron chi connectivity index (χ4n) is 1.36. The van der Waals surface area contributed by atoms with Crippen LogP contribution in [0.1, 0.15) is 0 Å². The maximum atomic E-state index is 13.5. The molecule has 5 heteroatoms. The number of benzene rings is 2. The Morgan fingerprint density at radius 3 is 2.59 bits per heavy atom. The van der Waals surface area contributed by atoms with Gasteiger partial charge in [-0.05, 0) is 52.3 Å². The Bertz CT molecular complexity index is 560. The summed E-state index contributed by atoms with van der Waals surface area (Å²) >= 11 is 9.17. The first kappa shape index (κ1) is 12.2. The van der Waals surface area contributed by atoms with E-state index in [0.717, 1.165) is 10.2 Å². The number of nitrogens with two attached hydrogens (primary N) is 1. The van der Waals surface area contributed by atoms with Gasteiger partial charge in [-0.25, -0.2) is 4.39 Å². The summed E-state index contributed by atoms with van der Waals surface area (Å²) in [6, 6.07) is 9.76. The quantitative estimate of drug-likeness (QED) is 0.797. The number of rotatable bonds is 2. The largest absolute Gasteiger partial charge is 0.399 e. The number of hydrogen-bond donors (Lipinski definition) is 2. The van der Waals surface area contributed by atoms with Crippen LogP contribution in [0, 0.1) is 5.82 Å². The van der Waals surface area contributed by atoms with Crippen LogP contribution in [-0.4, -0.2) is 0 Å². The molecule has 3 N–H and O–H groups in total. The third-order valence-electron chi connectivity index (χ3n) is 2.19. The molecule has 2 aromatic rings. The molecule has 0 aliphatic heterocycles. The Morgan fingerprint density at radius 1 is 1.18 bits per heavy atom. The highest BCUT2D eigenvalue weighted by Gasteiger charge is 2.04.